The van der Waals surface area contributed by atoms with E-state index in [-0.39, 0.29) is 11.7 Å². The average molecular weight is 271 g/mol. The lowest BCUT2D eigenvalue weighted by Gasteiger charge is -2.20. The van der Waals surface area contributed by atoms with Crippen molar-refractivity contribution in [2.24, 2.45) is 5.92 Å². The van der Waals surface area contributed by atoms with Crippen LogP contribution < -0.4 is 0 Å². The van der Waals surface area contributed by atoms with Gasteiger partial charge in [-0.25, -0.2) is 9.97 Å². The Bertz CT molecular complexity index is 364. The largest absolute Gasteiger partial charge is 0.381 e. The van der Waals surface area contributed by atoms with Gasteiger partial charge in [-0.1, -0.05) is 0 Å². The molecule has 0 aromatic carbocycles. The Labute approximate surface area is 96.2 Å². The van der Waals surface area contributed by atoms with E-state index in [1.54, 1.807) is 6.20 Å². The molecule has 1 aliphatic heterocycles. The van der Waals surface area contributed by atoms with Crippen molar-refractivity contribution in [1.29, 1.82) is 0 Å². The second-order valence-corrected chi connectivity index (χ2v) is 4.35. The second kappa shape index (κ2) is 4.81. The Morgan fingerprint density at radius 2 is 2.47 bits per heavy atom. The van der Waals surface area contributed by atoms with E-state index in [0.717, 1.165) is 19.4 Å². The van der Waals surface area contributed by atoms with Crippen LogP contribution in [0.4, 0.5) is 0 Å². The van der Waals surface area contributed by atoms with E-state index < -0.39 is 0 Å². The van der Waals surface area contributed by atoms with Crippen molar-refractivity contribution in [3.05, 3.63) is 22.7 Å². The van der Waals surface area contributed by atoms with Crippen LogP contribution in [0.15, 0.2) is 17.0 Å². The molecule has 0 bridgehead atoms. The van der Waals surface area contributed by atoms with Gasteiger partial charge in [0.05, 0.1) is 11.1 Å². The number of Topliss-reactive ketones (excluding diaryl/α,β-unsaturated/α-hetero) is 1. The Morgan fingerprint density at radius 1 is 1.60 bits per heavy atom. The first kappa shape index (κ1) is 10.7. The van der Waals surface area contributed by atoms with Crippen LogP contribution in [-0.4, -0.2) is 29.0 Å². The lowest BCUT2D eigenvalue weighted by Crippen LogP contribution is -2.26. The molecule has 2 heterocycles. The average Bonchev–Trinajstić information content (AvgIpc) is 2.30. The van der Waals surface area contributed by atoms with Crippen molar-refractivity contribution in [1.82, 2.24) is 9.97 Å². The maximum atomic E-state index is 12.0. The SMILES string of the molecule is O=C(c1ncncc1Br)C1CCCOC1. The van der Waals surface area contributed by atoms with Crippen LogP contribution in [0.2, 0.25) is 0 Å². The number of nitrogens with zero attached hydrogens (tertiary/aromatic N) is 2. The molecule has 0 aliphatic carbocycles. The number of ketones is 1. The quantitative estimate of drug-likeness (QED) is 0.770. The van der Waals surface area contributed by atoms with Crippen LogP contribution in [0.3, 0.4) is 0 Å². The van der Waals surface area contributed by atoms with Crippen LogP contribution in [0.5, 0.6) is 0 Å². The van der Waals surface area contributed by atoms with Gasteiger partial charge in [0.15, 0.2) is 5.78 Å². The minimum Gasteiger partial charge on any atom is -0.381 e. The third-order valence-electron chi connectivity index (χ3n) is 2.43. The van der Waals surface area contributed by atoms with Crippen molar-refractivity contribution < 1.29 is 9.53 Å². The van der Waals surface area contributed by atoms with E-state index in [1.807, 2.05) is 0 Å². The van der Waals surface area contributed by atoms with Crippen LogP contribution in [-0.2, 0) is 4.74 Å². The number of hydrogen-bond acceptors (Lipinski definition) is 4. The molecule has 0 radical (unpaired) electrons. The van der Waals surface area contributed by atoms with Gasteiger partial charge in [-0.05, 0) is 28.8 Å². The summed E-state index contributed by atoms with van der Waals surface area (Å²) in [6.07, 6.45) is 4.81. The summed E-state index contributed by atoms with van der Waals surface area (Å²) in [6, 6.07) is 0. The zero-order chi connectivity index (χ0) is 10.7. The number of hydrogen-bond donors (Lipinski definition) is 0. The Morgan fingerprint density at radius 3 is 3.13 bits per heavy atom. The molecular formula is C10H11BrN2O2. The highest BCUT2D eigenvalue weighted by Gasteiger charge is 2.25. The fraction of sp³-hybridized carbons (Fsp3) is 0.500. The smallest absolute Gasteiger partial charge is 0.187 e. The van der Waals surface area contributed by atoms with E-state index in [4.69, 9.17) is 4.74 Å². The van der Waals surface area contributed by atoms with Gasteiger partial charge < -0.3 is 4.74 Å². The summed E-state index contributed by atoms with van der Waals surface area (Å²) in [5.74, 6) is -0.00562. The molecule has 1 aliphatic rings. The van der Waals surface area contributed by atoms with E-state index in [2.05, 4.69) is 25.9 Å². The van der Waals surface area contributed by atoms with E-state index in [0.29, 0.717) is 16.8 Å². The number of carbonyl (C=O) groups is 1. The highest BCUT2D eigenvalue weighted by molar-refractivity contribution is 9.10. The molecule has 1 atom stereocenters. The highest BCUT2D eigenvalue weighted by Crippen LogP contribution is 2.21. The molecule has 80 valence electrons. The summed E-state index contributed by atoms with van der Waals surface area (Å²) in [4.78, 5) is 19.8. The minimum absolute atomic E-state index is 0.0453. The predicted octanol–water partition coefficient (Wildman–Crippen LogP) is 1.85. The standard InChI is InChI=1S/C10H11BrN2O2/c11-8-4-12-6-13-9(8)10(14)7-2-1-3-15-5-7/h4,6-7H,1-3,5H2. The molecule has 1 saturated heterocycles. The molecule has 5 heteroatoms. The minimum atomic E-state index is -0.0510. The molecule has 1 aromatic heterocycles. The van der Waals surface area contributed by atoms with Gasteiger partial charge in [-0.2, -0.15) is 0 Å². The van der Waals surface area contributed by atoms with Crippen LogP contribution in [0.1, 0.15) is 23.3 Å². The summed E-state index contributed by atoms with van der Waals surface area (Å²) < 4.78 is 5.94. The third-order valence-corrected chi connectivity index (χ3v) is 3.01. The van der Waals surface area contributed by atoms with Crippen LogP contribution in [0, 0.1) is 5.92 Å². The summed E-state index contributed by atoms with van der Waals surface area (Å²) in [5.41, 5.74) is 0.459. The van der Waals surface area contributed by atoms with Gasteiger partial charge in [0.2, 0.25) is 0 Å². The van der Waals surface area contributed by atoms with Crippen molar-refractivity contribution in [2.45, 2.75) is 12.8 Å². The van der Waals surface area contributed by atoms with Gasteiger partial charge in [0.1, 0.15) is 12.0 Å². The van der Waals surface area contributed by atoms with Crippen molar-refractivity contribution >= 4 is 21.7 Å². The van der Waals surface area contributed by atoms with Crippen LogP contribution in [0.25, 0.3) is 0 Å². The van der Waals surface area contributed by atoms with Gasteiger partial charge in [-0.3, -0.25) is 4.79 Å². The lowest BCUT2D eigenvalue weighted by atomic mass is 9.95. The first-order chi connectivity index (χ1) is 7.29. The first-order valence-corrected chi connectivity index (χ1v) is 5.66. The highest BCUT2D eigenvalue weighted by atomic mass is 79.9. The molecule has 1 aromatic rings. The number of carbonyl (C=O) groups excluding carboxylic acids is 1. The summed E-state index contributed by atoms with van der Waals surface area (Å²) in [5, 5.41) is 0. The molecule has 2 rings (SSSR count). The third kappa shape index (κ3) is 2.41. The molecule has 1 fully saturated rings. The molecule has 1 unspecified atom stereocenters. The maximum Gasteiger partial charge on any atom is 0.187 e. The zero-order valence-electron chi connectivity index (χ0n) is 8.15. The maximum absolute atomic E-state index is 12.0. The normalized spacial score (nSPS) is 21.3. The lowest BCUT2D eigenvalue weighted by molar-refractivity contribution is 0.0457. The van der Waals surface area contributed by atoms with Gasteiger partial charge in [0.25, 0.3) is 0 Å². The second-order valence-electron chi connectivity index (χ2n) is 3.50. The molecule has 0 N–H and O–H groups in total. The number of halogens is 1. The summed E-state index contributed by atoms with van der Waals surface area (Å²) in [6.45, 7) is 1.27. The predicted molar refractivity (Wildman–Crippen MR) is 57.6 cm³/mol. The molecular weight excluding hydrogens is 260 g/mol. The molecule has 0 amide bonds. The fourth-order valence-corrected chi connectivity index (χ4v) is 2.05. The molecule has 0 spiro atoms. The first-order valence-electron chi connectivity index (χ1n) is 4.86. The molecule has 15 heavy (non-hydrogen) atoms. The molecule has 0 saturated carbocycles. The number of aromatic nitrogens is 2. The van der Waals surface area contributed by atoms with Crippen molar-refractivity contribution in [3.63, 3.8) is 0 Å². The summed E-state index contributed by atoms with van der Waals surface area (Å²) >= 11 is 3.28. The fourth-order valence-electron chi connectivity index (χ4n) is 1.63. The monoisotopic (exact) mass is 270 g/mol. The molecule has 4 nitrogen and oxygen atoms in total. The van der Waals surface area contributed by atoms with E-state index >= 15 is 0 Å². The summed E-state index contributed by atoms with van der Waals surface area (Å²) in [7, 11) is 0. The van der Waals surface area contributed by atoms with Gasteiger partial charge >= 0.3 is 0 Å². The number of ether oxygens (including phenoxy) is 1. The Kier molecular flexibility index (Phi) is 3.43. The van der Waals surface area contributed by atoms with Crippen LogP contribution >= 0.6 is 15.9 Å². The van der Waals surface area contributed by atoms with E-state index in [1.165, 1.54) is 6.33 Å². The van der Waals surface area contributed by atoms with Gasteiger partial charge in [0, 0.05) is 18.7 Å². The Hall–Kier alpha value is -0.810. The topological polar surface area (TPSA) is 52.1 Å². The van der Waals surface area contributed by atoms with Crippen molar-refractivity contribution in [3.8, 4) is 0 Å². The number of rotatable bonds is 2. The van der Waals surface area contributed by atoms with E-state index in [9.17, 15) is 4.79 Å². The van der Waals surface area contributed by atoms with Crippen molar-refractivity contribution in [2.75, 3.05) is 13.2 Å². The van der Waals surface area contributed by atoms with Gasteiger partial charge in [-0.15, -0.1) is 0 Å². The zero-order valence-corrected chi connectivity index (χ0v) is 9.74. The Balaban J connectivity index is 2.16.